The Balaban J connectivity index is 1.93. The van der Waals surface area contributed by atoms with E-state index in [9.17, 15) is 4.79 Å². The van der Waals surface area contributed by atoms with Gasteiger partial charge in [-0.1, -0.05) is 0 Å². The third kappa shape index (κ3) is 2.46. The van der Waals surface area contributed by atoms with Crippen LogP contribution in [0, 0.1) is 0 Å². The molecule has 1 aliphatic heterocycles. The summed E-state index contributed by atoms with van der Waals surface area (Å²) in [6, 6.07) is 1.86. The molecular formula is C14H18N6O. The minimum atomic E-state index is -0.0421. The Labute approximate surface area is 123 Å². The Morgan fingerprint density at radius 2 is 2.14 bits per heavy atom. The molecule has 110 valence electrons. The topological polar surface area (TPSA) is 78.0 Å². The highest BCUT2D eigenvalue weighted by atomic mass is 16.2. The van der Waals surface area contributed by atoms with Crippen LogP contribution < -0.4 is 4.90 Å². The van der Waals surface area contributed by atoms with Crippen LogP contribution in [0.15, 0.2) is 24.7 Å². The Hall–Kier alpha value is -2.44. The van der Waals surface area contributed by atoms with Gasteiger partial charge in [0.25, 0.3) is 5.91 Å². The summed E-state index contributed by atoms with van der Waals surface area (Å²) in [6.45, 7) is 0.878. The van der Waals surface area contributed by atoms with E-state index in [1.165, 1.54) is 0 Å². The van der Waals surface area contributed by atoms with E-state index in [0.717, 1.165) is 25.1 Å². The van der Waals surface area contributed by atoms with Gasteiger partial charge < -0.3 is 9.80 Å². The largest absolute Gasteiger partial charge is 0.345 e. The normalized spacial score (nSPS) is 18.0. The van der Waals surface area contributed by atoms with Crippen molar-refractivity contribution in [1.29, 1.82) is 0 Å². The van der Waals surface area contributed by atoms with E-state index in [4.69, 9.17) is 0 Å². The predicted molar refractivity (Wildman–Crippen MR) is 78.0 cm³/mol. The van der Waals surface area contributed by atoms with Crippen molar-refractivity contribution in [3.05, 3.63) is 35.9 Å². The third-order valence-electron chi connectivity index (χ3n) is 3.70. The van der Waals surface area contributed by atoms with Crippen LogP contribution in [0.2, 0.25) is 0 Å². The smallest absolute Gasteiger partial charge is 0.256 e. The Bertz CT molecular complexity index is 623. The molecule has 1 N–H and O–H groups in total. The fourth-order valence-electron chi connectivity index (χ4n) is 2.71. The van der Waals surface area contributed by atoms with E-state index in [-0.39, 0.29) is 11.9 Å². The molecular weight excluding hydrogens is 268 g/mol. The van der Waals surface area contributed by atoms with Crippen molar-refractivity contribution >= 4 is 11.9 Å². The molecule has 1 saturated heterocycles. The highest BCUT2D eigenvalue weighted by molar-refractivity contribution is 5.95. The molecule has 0 bridgehead atoms. The molecule has 7 heteroatoms. The van der Waals surface area contributed by atoms with Gasteiger partial charge in [-0.05, 0) is 18.9 Å². The summed E-state index contributed by atoms with van der Waals surface area (Å²) in [7, 11) is 3.48. The Morgan fingerprint density at radius 1 is 1.38 bits per heavy atom. The summed E-state index contributed by atoms with van der Waals surface area (Å²) >= 11 is 0. The number of anilines is 1. The number of aromatic nitrogens is 4. The van der Waals surface area contributed by atoms with Crippen LogP contribution in [0.1, 0.15) is 34.9 Å². The second-order valence-electron chi connectivity index (χ2n) is 5.30. The van der Waals surface area contributed by atoms with Gasteiger partial charge in [-0.2, -0.15) is 5.10 Å². The van der Waals surface area contributed by atoms with E-state index < -0.39 is 0 Å². The summed E-state index contributed by atoms with van der Waals surface area (Å²) in [5, 5.41) is 7.05. The van der Waals surface area contributed by atoms with Crippen LogP contribution in [0.4, 0.5) is 5.95 Å². The van der Waals surface area contributed by atoms with E-state index in [1.807, 2.05) is 0 Å². The van der Waals surface area contributed by atoms with Gasteiger partial charge in [0.15, 0.2) is 0 Å². The van der Waals surface area contributed by atoms with Gasteiger partial charge in [0.2, 0.25) is 5.95 Å². The zero-order chi connectivity index (χ0) is 14.8. The molecule has 7 nitrogen and oxygen atoms in total. The molecule has 2 aromatic heterocycles. The molecule has 1 amide bonds. The highest BCUT2D eigenvalue weighted by Crippen LogP contribution is 2.34. The number of H-pyrrole nitrogens is 1. The number of hydrogen-bond acceptors (Lipinski definition) is 5. The van der Waals surface area contributed by atoms with Crippen LogP contribution in [-0.2, 0) is 0 Å². The van der Waals surface area contributed by atoms with Crippen LogP contribution >= 0.6 is 0 Å². The fourth-order valence-corrected chi connectivity index (χ4v) is 2.71. The molecule has 0 aliphatic carbocycles. The lowest BCUT2D eigenvalue weighted by molar-refractivity contribution is 0.0826. The van der Waals surface area contributed by atoms with Crippen LogP contribution in [0.5, 0.6) is 0 Å². The molecule has 1 atom stereocenters. The SMILES string of the molecule is CN(C)C(=O)c1cn[nH]c1[C@H]1CCCN1c1ncccn1. The molecule has 1 aliphatic rings. The molecule has 0 aromatic carbocycles. The van der Waals surface area contributed by atoms with Crippen LogP contribution in [-0.4, -0.2) is 51.6 Å². The van der Waals surface area contributed by atoms with Crippen molar-refractivity contribution < 1.29 is 4.79 Å². The van der Waals surface area contributed by atoms with Gasteiger partial charge >= 0.3 is 0 Å². The average Bonchev–Trinajstić information content (AvgIpc) is 3.15. The van der Waals surface area contributed by atoms with Crippen molar-refractivity contribution in [2.45, 2.75) is 18.9 Å². The van der Waals surface area contributed by atoms with Crippen molar-refractivity contribution in [3.8, 4) is 0 Å². The van der Waals surface area contributed by atoms with E-state index in [2.05, 4.69) is 25.1 Å². The summed E-state index contributed by atoms with van der Waals surface area (Å²) < 4.78 is 0. The molecule has 21 heavy (non-hydrogen) atoms. The summed E-state index contributed by atoms with van der Waals surface area (Å²) in [4.78, 5) is 24.6. The second kappa shape index (κ2) is 5.51. The van der Waals surface area contributed by atoms with Crippen LogP contribution in [0.3, 0.4) is 0 Å². The first-order valence-electron chi connectivity index (χ1n) is 6.97. The van der Waals surface area contributed by atoms with Gasteiger partial charge in [-0.3, -0.25) is 9.89 Å². The van der Waals surface area contributed by atoms with E-state index in [1.54, 1.807) is 43.7 Å². The number of carbonyl (C=O) groups excluding carboxylic acids is 1. The summed E-state index contributed by atoms with van der Waals surface area (Å²) in [6.07, 6.45) is 7.05. The lowest BCUT2D eigenvalue weighted by Crippen LogP contribution is -2.28. The van der Waals surface area contributed by atoms with Gasteiger partial charge in [0.1, 0.15) is 0 Å². The maximum absolute atomic E-state index is 12.2. The molecule has 3 heterocycles. The lowest BCUT2D eigenvalue weighted by Gasteiger charge is -2.24. The first-order valence-corrected chi connectivity index (χ1v) is 6.97. The minimum absolute atomic E-state index is 0.0421. The van der Waals surface area contributed by atoms with Gasteiger partial charge in [-0.25, -0.2) is 9.97 Å². The van der Waals surface area contributed by atoms with Crippen molar-refractivity contribution in [2.24, 2.45) is 0 Å². The first-order chi connectivity index (χ1) is 10.2. The number of nitrogens with zero attached hydrogens (tertiary/aromatic N) is 5. The molecule has 0 saturated carbocycles. The highest BCUT2D eigenvalue weighted by Gasteiger charge is 2.32. The number of rotatable bonds is 3. The first kappa shape index (κ1) is 13.5. The minimum Gasteiger partial charge on any atom is -0.345 e. The van der Waals surface area contributed by atoms with Crippen molar-refractivity contribution in [1.82, 2.24) is 25.1 Å². The molecule has 0 unspecified atom stereocenters. The van der Waals surface area contributed by atoms with Crippen molar-refractivity contribution in [2.75, 3.05) is 25.5 Å². The number of hydrogen-bond donors (Lipinski definition) is 1. The lowest BCUT2D eigenvalue weighted by atomic mass is 10.1. The number of carbonyl (C=O) groups is 1. The third-order valence-corrected chi connectivity index (χ3v) is 3.70. The molecule has 0 radical (unpaired) electrons. The standard InChI is InChI=1S/C14H18N6O/c1-19(2)13(21)10-9-17-18-12(10)11-5-3-8-20(11)14-15-6-4-7-16-14/h4,6-7,9,11H,3,5,8H2,1-2H3,(H,17,18)/t11-/m1/s1. The number of amides is 1. The van der Waals surface area contributed by atoms with Gasteiger partial charge in [0, 0.05) is 33.0 Å². The molecule has 3 rings (SSSR count). The summed E-state index contributed by atoms with van der Waals surface area (Å²) in [5.41, 5.74) is 1.46. The summed E-state index contributed by atoms with van der Waals surface area (Å²) in [5.74, 6) is 0.650. The average molecular weight is 286 g/mol. The molecule has 0 spiro atoms. The van der Waals surface area contributed by atoms with Crippen LogP contribution in [0.25, 0.3) is 0 Å². The van der Waals surface area contributed by atoms with E-state index in [0.29, 0.717) is 11.5 Å². The maximum atomic E-state index is 12.2. The zero-order valence-corrected chi connectivity index (χ0v) is 12.2. The van der Waals surface area contributed by atoms with Gasteiger partial charge in [-0.15, -0.1) is 0 Å². The fraction of sp³-hybridized carbons (Fsp3) is 0.429. The van der Waals surface area contributed by atoms with Crippen molar-refractivity contribution in [3.63, 3.8) is 0 Å². The van der Waals surface area contributed by atoms with Gasteiger partial charge in [0.05, 0.1) is 23.5 Å². The number of nitrogens with one attached hydrogen (secondary N) is 1. The predicted octanol–water partition coefficient (Wildman–Crippen LogP) is 1.24. The van der Waals surface area contributed by atoms with E-state index >= 15 is 0 Å². The quantitative estimate of drug-likeness (QED) is 0.918. The number of aromatic amines is 1. The maximum Gasteiger partial charge on any atom is 0.256 e. The molecule has 2 aromatic rings. The Kier molecular flexibility index (Phi) is 3.55. The second-order valence-corrected chi connectivity index (χ2v) is 5.30. The Morgan fingerprint density at radius 3 is 2.86 bits per heavy atom. The monoisotopic (exact) mass is 286 g/mol. The zero-order valence-electron chi connectivity index (χ0n) is 12.2. The molecule has 1 fully saturated rings.